The molecule has 35 nitrogen and oxygen atoms in total. The van der Waals surface area contributed by atoms with Gasteiger partial charge in [0.25, 0.3) is 25.2 Å². The molecule has 0 radical (unpaired) electrons. The van der Waals surface area contributed by atoms with Crippen LogP contribution in [0.1, 0.15) is 48.5 Å². The first-order valence-corrected chi connectivity index (χ1v) is 29.0. The lowest BCUT2D eigenvalue weighted by molar-refractivity contribution is -0.252. The molecule has 0 saturated carbocycles. The highest BCUT2D eigenvalue weighted by molar-refractivity contribution is 5.75. The van der Waals surface area contributed by atoms with Gasteiger partial charge < -0.3 is 146 Å². The highest BCUT2D eigenvalue weighted by Gasteiger charge is 2.48. The van der Waals surface area contributed by atoms with Gasteiger partial charge in [0.15, 0.2) is 6.10 Å². The zero-order valence-electron chi connectivity index (χ0n) is 50.2. The number of aliphatic hydroxyl groups excluding tert-OH is 10. The Morgan fingerprint density at radius 3 is 0.795 bits per heavy atom. The number of hydrogen-bond donors (Lipinski definition) is 10. The molecule has 88 heavy (non-hydrogen) atoms. The predicted octanol–water partition coefficient (Wildman–Crippen LogP) is -6.62. The smallest absolute Gasteiger partial charge is 0.363 e. The summed E-state index contributed by atoms with van der Waals surface area (Å²) in [5.74, 6) is -2.53. The fourth-order valence-electron chi connectivity index (χ4n) is 8.95. The van der Waals surface area contributed by atoms with Crippen molar-refractivity contribution < 1.29 is 170 Å². The van der Waals surface area contributed by atoms with Crippen LogP contribution in [0.15, 0.2) is 0 Å². The zero-order chi connectivity index (χ0) is 65.0. The van der Waals surface area contributed by atoms with Gasteiger partial charge in [-0.25, -0.2) is 24.0 Å². The molecule has 10 fully saturated rings. The van der Waals surface area contributed by atoms with Crippen molar-refractivity contribution in [3.05, 3.63) is 0 Å². The van der Waals surface area contributed by atoms with Crippen LogP contribution in [-0.2, 0) is 119 Å². The molecule has 10 saturated heterocycles. The molecule has 0 amide bonds. The Bertz CT molecular complexity index is 1790. The van der Waals surface area contributed by atoms with Gasteiger partial charge in [-0.3, -0.25) is 0 Å². The van der Waals surface area contributed by atoms with Gasteiger partial charge in [0, 0.05) is 6.61 Å². The first-order valence-electron chi connectivity index (χ1n) is 29.0. The van der Waals surface area contributed by atoms with Crippen LogP contribution < -0.4 is 0 Å². The van der Waals surface area contributed by atoms with Crippen molar-refractivity contribution >= 4 is 29.8 Å². The van der Waals surface area contributed by atoms with Crippen LogP contribution in [0.25, 0.3) is 0 Å². The Hall–Kier alpha value is -3.65. The number of rotatable bonds is 14. The maximum absolute atomic E-state index is 11.3. The second-order valence-electron chi connectivity index (χ2n) is 19.9. The third-order valence-electron chi connectivity index (χ3n) is 13.5. The van der Waals surface area contributed by atoms with Gasteiger partial charge in [-0.2, -0.15) is 0 Å². The summed E-state index contributed by atoms with van der Waals surface area (Å²) >= 11 is 0. The minimum Gasteiger partial charge on any atom is -0.464 e. The molecule has 10 N–H and O–H groups in total. The quantitative estimate of drug-likeness (QED) is 0.0571. The second-order valence-corrected chi connectivity index (χ2v) is 19.9. The average Bonchev–Trinajstić information content (AvgIpc) is 4.38. The second kappa shape index (κ2) is 40.4. The Morgan fingerprint density at radius 1 is 0.352 bits per heavy atom. The van der Waals surface area contributed by atoms with Crippen molar-refractivity contribution in [3.8, 4) is 0 Å². The summed E-state index contributed by atoms with van der Waals surface area (Å²) in [5, 5.41) is 90.4. The highest BCUT2D eigenvalue weighted by Crippen LogP contribution is 2.29. The first-order chi connectivity index (χ1) is 42.1. The molecule has 10 heterocycles. The summed E-state index contributed by atoms with van der Waals surface area (Å²) in [7, 11) is 0. The van der Waals surface area contributed by atoms with Crippen molar-refractivity contribution in [3.63, 3.8) is 0 Å². The number of aliphatic hydroxyl groups is 10. The molecule has 10 aliphatic rings. The van der Waals surface area contributed by atoms with Gasteiger partial charge in [0.05, 0.1) is 112 Å². The van der Waals surface area contributed by atoms with Crippen LogP contribution in [0.5, 0.6) is 0 Å². The fraction of sp³-hybridized carbons (Fsp3) is 0.906. The molecule has 23 atom stereocenters. The fourth-order valence-corrected chi connectivity index (χ4v) is 8.95. The molecule has 0 aromatic rings. The lowest BCUT2D eigenvalue weighted by Crippen LogP contribution is -2.48. The summed E-state index contributed by atoms with van der Waals surface area (Å²) in [6.45, 7) is 15.8. The van der Waals surface area contributed by atoms with E-state index in [1.807, 2.05) is 6.92 Å². The SMILES string of the molecule is CCOC(=O)C(C)OCC.CCOC(=O)[C@@H]1OC[C@@H]2OC[C@@H](O)[C@@H]2O1.CCOC(=O)[C@@H]1OC[C@H]2OC[C@H](O)[C@H]2O1.CCOC(=O)[C@H]1OC[C@@H]2OC[C@@H](O)[C@@H]2O1.CCOC(=O)[C@H]1OC[C@H]2OC[C@H](O)[C@H]2O1.OC[C@@H]1OC[C@@H](O)[C@@H]1O.OC[C@H]1OC[C@H](O)[C@H]1O. The Kier molecular flexibility index (Phi) is 35.2. The zero-order valence-corrected chi connectivity index (χ0v) is 50.2. The Balaban J connectivity index is 0.000000222. The molecule has 0 spiro atoms. The number of hydrogen-bond acceptors (Lipinski definition) is 35. The average molecular weight is 1290 g/mol. The molecule has 512 valence electrons. The number of ether oxygens (including phenoxy) is 20. The highest BCUT2D eigenvalue weighted by atomic mass is 16.8. The van der Waals surface area contributed by atoms with E-state index in [4.69, 9.17) is 125 Å². The summed E-state index contributed by atoms with van der Waals surface area (Å²) in [5.41, 5.74) is 0. The molecular formula is C53H90O35. The molecule has 10 aliphatic heterocycles. The van der Waals surface area contributed by atoms with Crippen LogP contribution in [-0.4, -0.2) is 341 Å². The minimum atomic E-state index is -1.04. The molecule has 0 bridgehead atoms. The van der Waals surface area contributed by atoms with Crippen molar-refractivity contribution in [2.45, 2.75) is 190 Å². The summed E-state index contributed by atoms with van der Waals surface area (Å²) < 4.78 is 101. The van der Waals surface area contributed by atoms with E-state index in [1.165, 1.54) is 0 Å². The van der Waals surface area contributed by atoms with Gasteiger partial charge in [0.1, 0.15) is 110 Å². The molecule has 0 aromatic heterocycles. The van der Waals surface area contributed by atoms with Gasteiger partial charge in [-0.15, -0.1) is 0 Å². The van der Waals surface area contributed by atoms with E-state index >= 15 is 0 Å². The number of fused-ring (bicyclic) bond motifs is 4. The topological polar surface area (TPSA) is 472 Å². The van der Waals surface area contributed by atoms with E-state index in [0.717, 1.165) is 0 Å². The van der Waals surface area contributed by atoms with Crippen LogP contribution in [0.2, 0.25) is 0 Å². The Labute approximate surface area is 507 Å². The molecule has 0 aromatic carbocycles. The molecular weight excluding hydrogens is 1200 g/mol. The van der Waals surface area contributed by atoms with Crippen LogP contribution in [0.3, 0.4) is 0 Å². The summed E-state index contributed by atoms with van der Waals surface area (Å²) in [6, 6.07) is 0. The lowest BCUT2D eigenvalue weighted by atomic mass is 10.1. The molecule has 35 heteroatoms. The summed E-state index contributed by atoms with van der Waals surface area (Å²) in [4.78, 5) is 56.0. The van der Waals surface area contributed by atoms with Gasteiger partial charge in [-0.05, 0) is 48.5 Å². The largest absolute Gasteiger partial charge is 0.464 e. The van der Waals surface area contributed by atoms with Crippen LogP contribution in [0.4, 0.5) is 0 Å². The van der Waals surface area contributed by atoms with E-state index in [-0.39, 0.29) is 136 Å². The minimum absolute atomic E-state index is 0.117. The standard InChI is InChI=1S/4C9H14O6.C7H14O3.2C5H10O4/c4*1-2-12-8(11)9-14-4-6-7(15-9)5(10)3-13-6;1-4-9-6(3)7(8)10-5-2;2*6-1-4-5(8)3(7)2-9-4/h4*5-7,9-10H,2-4H2,1H3;6H,4-5H2,1-3H3;2*3-8H,1-2H2/t2*5-,6+,7+,9+;2*5-,6+,7+,9-;;2*3-,4+,5+/m1010.10/s1. The molecule has 10 rings (SSSR count). The monoisotopic (exact) mass is 1290 g/mol. The molecule has 1 unspecified atom stereocenters. The number of esters is 5. The van der Waals surface area contributed by atoms with Crippen molar-refractivity contribution in [1.29, 1.82) is 0 Å². The maximum atomic E-state index is 11.3. The summed E-state index contributed by atoms with van der Waals surface area (Å²) in [6.07, 6.45) is -15.2. The lowest BCUT2D eigenvalue weighted by Gasteiger charge is -2.30. The van der Waals surface area contributed by atoms with E-state index in [2.05, 4.69) is 0 Å². The van der Waals surface area contributed by atoms with Gasteiger partial charge in [0.2, 0.25) is 0 Å². The number of carbonyl (C=O) groups is 5. The maximum Gasteiger partial charge on any atom is 0.363 e. The van der Waals surface area contributed by atoms with Crippen molar-refractivity contribution in [1.82, 2.24) is 0 Å². The van der Waals surface area contributed by atoms with Gasteiger partial charge >= 0.3 is 29.8 Å². The van der Waals surface area contributed by atoms with E-state index in [0.29, 0.717) is 13.2 Å². The van der Waals surface area contributed by atoms with E-state index < -0.39 is 141 Å². The van der Waals surface area contributed by atoms with Gasteiger partial charge in [-0.1, -0.05) is 0 Å². The van der Waals surface area contributed by atoms with E-state index in [1.54, 1.807) is 41.5 Å². The number of carbonyl (C=O) groups excluding carboxylic acids is 5. The third kappa shape index (κ3) is 23.5. The Morgan fingerprint density at radius 2 is 0.602 bits per heavy atom. The van der Waals surface area contributed by atoms with Crippen molar-refractivity contribution in [2.24, 2.45) is 0 Å². The van der Waals surface area contributed by atoms with Crippen LogP contribution >= 0.6 is 0 Å². The van der Waals surface area contributed by atoms with E-state index in [9.17, 15) is 44.4 Å². The predicted molar refractivity (Wildman–Crippen MR) is 283 cm³/mol. The molecule has 0 aliphatic carbocycles. The van der Waals surface area contributed by atoms with Crippen molar-refractivity contribution in [2.75, 3.05) is 119 Å². The normalized spacial score (nSPS) is 37.6. The van der Waals surface area contributed by atoms with Crippen LogP contribution in [0, 0.1) is 0 Å². The third-order valence-corrected chi connectivity index (χ3v) is 13.5. The first kappa shape index (κ1) is 76.8.